The Kier molecular flexibility index (Phi) is 3.06. The van der Waals surface area contributed by atoms with Crippen molar-refractivity contribution in [2.45, 2.75) is 13.8 Å². The zero-order valence-corrected chi connectivity index (χ0v) is 10.0. The van der Waals surface area contributed by atoms with E-state index >= 15 is 0 Å². The maximum atomic E-state index is 11.8. The van der Waals surface area contributed by atoms with E-state index in [1.54, 1.807) is 0 Å². The molecule has 2 aromatic heterocycles. The summed E-state index contributed by atoms with van der Waals surface area (Å²) >= 11 is 5.58. The molecular formula is C10H10ClN5O. The Labute approximate surface area is 102 Å². The highest BCUT2D eigenvalue weighted by Crippen LogP contribution is 2.14. The third kappa shape index (κ3) is 2.42. The molecule has 0 atom stereocenters. The lowest BCUT2D eigenvalue weighted by molar-refractivity contribution is 0.102. The van der Waals surface area contributed by atoms with Gasteiger partial charge in [0.25, 0.3) is 5.91 Å². The highest BCUT2D eigenvalue weighted by atomic mass is 35.5. The van der Waals surface area contributed by atoms with Crippen molar-refractivity contribution in [1.82, 2.24) is 20.2 Å². The SMILES string of the molecule is Cc1[nH]nc(NC(=O)c2cnc(Cl)cn2)c1C. The van der Waals surface area contributed by atoms with Gasteiger partial charge in [-0.2, -0.15) is 5.10 Å². The Hall–Kier alpha value is -1.95. The summed E-state index contributed by atoms with van der Waals surface area (Å²) in [6.07, 6.45) is 2.63. The molecule has 0 unspecified atom stereocenters. The van der Waals surface area contributed by atoms with Gasteiger partial charge >= 0.3 is 0 Å². The van der Waals surface area contributed by atoms with Crippen LogP contribution in [0, 0.1) is 13.8 Å². The molecule has 0 aromatic carbocycles. The highest BCUT2D eigenvalue weighted by molar-refractivity contribution is 6.29. The Morgan fingerprint density at radius 2 is 2.12 bits per heavy atom. The number of amides is 1. The van der Waals surface area contributed by atoms with Crippen molar-refractivity contribution in [3.05, 3.63) is 34.5 Å². The van der Waals surface area contributed by atoms with Gasteiger partial charge in [-0.25, -0.2) is 9.97 Å². The molecule has 7 heteroatoms. The number of hydrogen-bond acceptors (Lipinski definition) is 4. The summed E-state index contributed by atoms with van der Waals surface area (Å²) in [5.41, 5.74) is 1.98. The maximum Gasteiger partial charge on any atom is 0.277 e. The lowest BCUT2D eigenvalue weighted by Crippen LogP contribution is -2.14. The van der Waals surface area contributed by atoms with Crippen molar-refractivity contribution in [2.24, 2.45) is 0 Å². The molecule has 0 aliphatic heterocycles. The predicted octanol–water partition coefficient (Wildman–Crippen LogP) is 1.72. The summed E-state index contributed by atoms with van der Waals surface area (Å²) in [6, 6.07) is 0. The average molecular weight is 252 g/mol. The van der Waals surface area contributed by atoms with E-state index in [0.29, 0.717) is 5.82 Å². The molecule has 2 aromatic rings. The number of aryl methyl sites for hydroxylation is 1. The number of halogens is 1. The lowest BCUT2D eigenvalue weighted by atomic mass is 10.3. The van der Waals surface area contributed by atoms with Gasteiger partial charge in [-0.05, 0) is 13.8 Å². The molecule has 88 valence electrons. The van der Waals surface area contributed by atoms with Gasteiger partial charge in [-0.3, -0.25) is 9.89 Å². The molecule has 2 rings (SSSR count). The fraction of sp³-hybridized carbons (Fsp3) is 0.200. The van der Waals surface area contributed by atoms with Gasteiger partial charge in [0.2, 0.25) is 0 Å². The topological polar surface area (TPSA) is 83.6 Å². The molecule has 17 heavy (non-hydrogen) atoms. The number of aromatic amines is 1. The van der Waals surface area contributed by atoms with Crippen LogP contribution in [0.25, 0.3) is 0 Å². The summed E-state index contributed by atoms with van der Waals surface area (Å²) in [5.74, 6) is 0.119. The molecule has 0 saturated carbocycles. The van der Waals surface area contributed by atoms with Gasteiger partial charge in [0.05, 0.1) is 12.4 Å². The van der Waals surface area contributed by atoms with E-state index in [1.807, 2.05) is 13.8 Å². The summed E-state index contributed by atoms with van der Waals surface area (Å²) in [4.78, 5) is 19.4. The van der Waals surface area contributed by atoms with Crippen LogP contribution in [0.4, 0.5) is 5.82 Å². The molecule has 2 heterocycles. The molecule has 0 fully saturated rings. The number of carbonyl (C=O) groups excluding carboxylic acids is 1. The van der Waals surface area contributed by atoms with Crippen LogP contribution >= 0.6 is 11.6 Å². The fourth-order valence-electron chi connectivity index (χ4n) is 1.21. The summed E-state index contributed by atoms with van der Waals surface area (Å²) < 4.78 is 0. The van der Waals surface area contributed by atoms with Gasteiger partial charge in [0.1, 0.15) is 10.8 Å². The van der Waals surface area contributed by atoms with Crippen LogP contribution in [0.5, 0.6) is 0 Å². The highest BCUT2D eigenvalue weighted by Gasteiger charge is 2.12. The second-order valence-electron chi connectivity index (χ2n) is 3.50. The van der Waals surface area contributed by atoms with E-state index in [-0.39, 0.29) is 16.8 Å². The minimum atomic E-state index is -0.372. The van der Waals surface area contributed by atoms with Gasteiger partial charge in [-0.15, -0.1) is 0 Å². The fourth-order valence-corrected chi connectivity index (χ4v) is 1.31. The van der Waals surface area contributed by atoms with E-state index in [9.17, 15) is 4.79 Å². The zero-order chi connectivity index (χ0) is 12.4. The van der Waals surface area contributed by atoms with Crippen molar-refractivity contribution in [1.29, 1.82) is 0 Å². The van der Waals surface area contributed by atoms with Crippen molar-refractivity contribution in [2.75, 3.05) is 5.32 Å². The first kappa shape index (κ1) is 11.5. The number of anilines is 1. The Morgan fingerprint density at radius 3 is 2.65 bits per heavy atom. The monoisotopic (exact) mass is 251 g/mol. The average Bonchev–Trinajstić information content (AvgIpc) is 2.62. The first-order valence-corrected chi connectivity index (χ1v) is 5.26. The molecule has 0 bridgehead atoms. The molecule has 0 saturated heterocycles. The number of hydrogen-bond donors (Lipinski definition) is 2. The minimum absolute atomic E-state index is 0.189. The normalized spacial score (nSPS) is 10.3. The summed E-state index contributed by atoms with van der Waals surface area (Å²) in [6.45, 7) is 3.74. The van der Waals surface area contributed by atoms with E-state index in [2.05, 4.69) is 25.5 Å². The molecule has 6 nitrogen and oxygen atoms in total. The number of nitrogens with zero attached hydrogens (tertiary/aromatic N) is 3. The zero-order valence-electron chi connectivity index (χ0n) is 9.28. The summed E-state index contributed by atoms with van der Waals surface area (Å²) in [5, 5.41) is 9.63. The molecule has 2 N–H and O–H groups in total. The maximum absolute atomic E-state index is 11.8. The first-order valence-electron chi connectivity index (χ1n) is 4.88. The predicted molar refractivity (Wildman–Crippen MR) is 63.1 cm³/mol. The van der Waals surface area contributed by atoms with Crippen molar-refractivity contribution in [3.63, 3.8) is 0 Å². The second-order valence-corrected chi connectivity index (χ2v) is 3.89. The number of aromatic nitrogens is 4. The van der Waals surface area contributed by atoms with Gasteiger partial charge in [-0.1, -0.05) is 11.6 Å². The second kappa shape index (κ2) is 4.50. The Bertz CT molecular complexity index is 548. The van der Waals surface area contributed by atoms with E-state index in [1.165, 1.54) is 12.4 Å². The van der Waals surface area contributed by atoms with Crippen LogP contribution in [0.3, 0.4) is 0 Å². The third-order valence-electron chi connectivity index (χ3n) is 2.34. The minimum Gasteiger partial charge on any atom is -0.303 e. The van der Waals surface area contributed by atoms with E-state index < -0.39 is 0 Å². The lowest BCUT2D eigenvalue weighted by Gasteiger charge is -2.01. The summed E-state index contributed by atoms with van der Waals surface area (Å²) in [7, 11) is 0. The van der Waals surface area contributed by atoms with Crippen molar-refractivity contribution < 1.29 is 4.79 Å². The molecule has 0 aliphatic rings. The molecule has 0 aliphatic carbocycles. The number of carbonyl (C=O) groups is 1. The number of nitrogens with one attached hydrogen (secondary N) is 2. The van der Waals surface area contributed by atoms with Crippen LogP contribution in [-0.4, -0.2) is 26.1 Å². The van der Waals surface area contributed by atoms with Gasteiger partial charge in [0, 0.05) is 11.3 Å². The van der Waals surface area contributed by atoms with Crippen LogP contribution in [0.1, 0.15) is 21.7 Å². The van der Waals surface area contributed by atoms with Gasteiger partial charge < -0.3 is 5.32 Å². The molecule has 0 radical (unpaired) electrons. The largest absolute Gasteiger partial charge is 0.303 e. The Morgan fingerprint density at radius 1 is 1.35 bits per heavy atom. The molecular weight excluding hydrogens is 242 g/mol. The van der Waals surface area contributed by atoms with E-state index in [0.717, 1.165) is 11.3 Å². The number of rotatable bonds is 2. The van der Waals surface area contributed by atoms with Crippen LogP contribution in [-0.2, 0) is 0 Å². The van der Waals surface area contributed by atoms with Gasteiger partial charge in [0.15, 0.2) is 5.82 Å². The third-order valence-corrected chi connectivity index (χ3v) is 2.53. The first-order chi connectivity index (χ1) is 8.08. The molecule has 1 amide bonds. The standard InChI is InChI=1S/C10H10ClN5O/c1-5-6(2)15-16-9(5)14-10(17)7-3-13-8(11)4-12-7/h3-4H,1-2H3,(H2,14,15,16,17). The van der Waals surface area contributed by atoms with E-state index in [4.69, 9.17) is 11.6 Å². The van der Waals surface area contributed by atoms with Crippen LogP contribution < -0.4 is 5.32 Å². The van der Waals surface area contributed by atoms with Crippen LogP contribution in [0.2, 0.25) is 5.15 Å². The van der Waals surface area contributed by atoms with Crippen LogP contribution in [0.15, 0.2) is 12.4 Å². The quantitative estimate of drug-likeness (QED) is 0.851. The number of H-pyrrole nitrogens is 1. The Balaban J connectivity index is 2.17. The van der Waals surface area contributed by atoms with Crippen molar-refractivity contribution in [3.8, 4) is 0 Å². The van der Waals surface area contributed by atoms with Crippen molar-refractivity contribution >= 4 is 23.3 Å². The molecule has 0 spiro atoms. The smallest absolute Gasteiger partial charge is 0.277 e.